The van der Waals surface area contributed by atoms with Gasteiger partial charge in [0.05, 0.1) is 10.0 Å². The Kier molecular flexibility index (Phi) is 5.35. The Morgan fingerprint density at radius 1 is 1.38 bits per heavy atom. The first-order valence-corrected chi connectivity index (χ1v) is 5.83. The van der Waals surface area contributed by atoms with Gasteiger partial charge < -0.3 is 5.73 Å². The Balaban J connectivity index is 0.00000128. The van der Waals surface area contributed by atoms with Crippen LogP contribution in [0.5, 0.6) is 0 Å². The molecule has 0 saturated carbocycles. The summed E-state index contributed by atoms with van der Waals surface area (Å²) in [4.78, 5) is 2.31. The number of likely N-dealkylation sites (tertiary alicyclic amines) is 1. The van der Waals surface area contributed by atoms with Crippen molar-refractivity contribution in [1.82, 2.24) is 4.90 Å². The van der Waals surface area contributed by atoms with Gasteiger partial charge >= 0.3 is 0 Å². The van der Waals surface area contributed by atoms with E-state index in [1.807, 2.05) is 18.2 Å². The Bertz CT molecular complexity index is 357. The molecule has 1 saturated heterocycles. The summed E-state index contributed by atoms with van der Waals surface area (Å²) in [5.41, 5.74) is 6.93. The first-order chi connectivity index (χ1) is 7.16. The van der Waals surface area contributed by atoms with E-state index in [2.05, 4.69) is 4.90 Å². The summed E-state index contributed by atoms with van der Waals surface area (Å²) in [6.45, 7) is 2.83. The molecule has 2 N–H and O–H groups in total. The van der Waals surface area contributed by atoms with Crippen molar-refractivity contribution in [1.29, 1.82) is 0 Å². The fraction of sp³-hybridized carbons (Fsp3) is 0.455. The molecule has 0 aliphatic carbocycles. The summed E-state index contributed by atoms with van der Waals surface area (Å²) >= 11 is 12.1. The zero-order valence-corrected chi connectivity index (χ0v) is 11.2. The Labute approximate surface area is 112 Å². The van der Waals surface area contributed by atoms with Gasteiger partial charge in [-0.1, -0.05) is 35.3 Å². The monoisotopic (exact) mass is 280 g/mol. The maximum absolute atomic E-state index is 6.12. The van der Waals surface area contributed by atoms with Crippen LogP contribution in [0.4, 0.5) is 0 Å². The van der Waals surface area contributed by atoms with Crippen molar-refractivity contribution in [3.63, 3.8) is 0 Å². The second kappa shape index (κ2) is 6.08. The zero-order chi connectivity index (χ0) is 10.8. The standard InChI is InChI=1S/C11H14Cl2N2.ClH/c12-10-3-1-2-8(11(10)13)6-15-5-4-9(14)7-15;/h1-3,9H,4-7,14H2;1H/t9-;/m1./s1. The molecule has 16 heavy (non-hydrogen) atoms. The van der Waals surface area contributed by atoms with Crippen molar-refractivity contribution in [3.05, 3.63) is 33.8 Å². The molecular weight excluding hydrogens is 266 g/mol. The predicted molar refractivity (Wildman–Crippen MR) is 71.6 cm³/mol. The van der Waals surface area contributed by atoms with Gasteiger partial charge in [-0.3, -0.25) is 4.90 Å². The van der Waals surface area contributed by atoms with Gasteiger partial charge in [0.15, 0.2) is 0 Å². The van der Waals surface area contributed by atoms with E-state index in [0.717, 1.165) is 31.6 Å². The summed E-state index contributed by atoms with van der Waals surface area (Å²) in [7, 11) is 0. The molecule has 1 aromatic carbocycles. The van der Waals surface area contributed by atoms with E-state index >= 15 is 0 Å². The number of rotatable bonds is 2. The topological polar surface area (TPSA) is 29.3 Å². The molecule has 90 valence electrons. The summed E-state index contributed by atoms with van der Waals surface area (Å²) in [6, 6.07) is 6.06. The van der Waals surface area contributed by atoms with Crippen molar-refractivity contribution >= 4 is 35.6 Å². The number of benzene rings is 1. The maximum Gasteiger partial charge on any atom is 0.0637 e. The van der Waals surface area contributed by atoms with Crippen LogP contribution >= 0.6 is 35.6 Å². The quantitative estimate of drug-likeness (QED) is 0.903. The van der Waals surface area contributed by atoms with E-state index in [1.165, 1.54) is 0 Å². The minimum Gasteiger partial charge on any atom is -0.326 e. The average Bonchev–Trinajstić information content (AvgIpc) is 2.59. The first kappa shape index (κ1) is 14.1. The summed E-state index contributed by atoms with van der Waals surface area (Å²) < 4.78 is 0. The van der Waals surface area contributed by atoms with Crippen LogP contribution in [0.2, 0.25) is 10.0 Å². The van der Waals surface area contributed by atoms with Gasteiger partial charge in [-0.05, 0) is 18.1 Å². The van der Waals surface area contributed by atoms with Crippen molar-refractivity contribution in [3.8, 4) is 0 Å². The van der Waals surface area contributed by atoms with E-state index in [4.69, 9.17) is 28.9 Å². The lowest BCUT2D eigenvalue weighted by molar-refractivity contribution is 0.327. The molecule has 0 aromatic heterocycles. The van der Waals surface area contributed by atoms with E-state index in [9.17, 15) is 0 Å². The number of hydrogen-bond acceptors (Lipinski definition) is 2. The third-order valence-electron chi connectivity index (χ3n) is 2.73. The molecule has 0 radical (unpaired) electrons. The summed E-state index contributed by atoms with van der Waals surface area (Å²) in [5.74, 6) is 0. The van der Waals surface area contributed by atoms with Crippen LogP contribution in [0.15, 0.2) is 18.2 Å². The number of hydrogen-bond donors (Lipinski definition) is 1. The fourth-order valence-electron chi connectivity index (χ4n) is 1.92. The molecule has 1 aromatic rings. The second-order valence-electron chi connectivity index (χ2n) is 4.00. The lowest BCUT2D eigenvalue weighted by Gasteiger charge is -2.16. The number of nitrogens with zero attached hydrogens (tertiary/aromatic N) is 1. The summed E-state index contributed by atoms with van der Waals surface area (Å²) in [6.07, 6.45) is 1.07. The molecule has 2 rings (SSSR count). The van der Waals surface area contributed by atoms with Gasteiger partial charge in [0.1, 0.15) is 0 Å². The molecule has 1 atom stereocenters. The molecule has 0 amide bonds. The minimum atomic E-state index is 0. The highest BCUT2D eigenvalue weighted by Crippen LogP contribution is 2.27. The van der Waals surface area contributed by atoms with Crippen molar-refractivity contribution in [2.24, 2.45) is 5.73 Å². The lowest BCUT2D eigenvalue weighted by Crippen LogP contribution is -2.26. The molecule has 1 aliphatic rings. The molecule has 0 bridgehead atoms. The molecule has 1 aliphatic heterocycles. The SMILES string of the molecule is Cl.N[C@@H]1CCN(Cc2cccc(Cl)c2Cl)C1. The van der Waals surface area contributed by atoms with E-state index in [-0.39, 0.29) is 12.4 Å². The average molecular weight is 282 g/mol. The minimum absolute atomic E-state index is 0. The van der Waals surface area contributed by atoms with Gasteiger partial charge in [-0.25, -0.2) is 0 Å². The maximum atomic E-state index is 6.12. The molecule has 0 unspecified atom stereocenters. The van der Waals surface area contributed by atoms with E-state index in [1.54, 1.807) is 0 Å². The van der Waals surface area contributed by atoms with Crippen LogP contribution in [0, 0.1) is 0 Å². The van der Waals surface area contributed by atoms with Crippen LogP contribution in [-0.2, 0) is 6.54 Å². The molecule has 2 nitrogen and oxygen atoms in total. The highest BCUT2D eigenvalue weighted by molar-refractivity contribution is 6.42. The van der Waals surface area contributed by atoms with Crippen LogP contribution in [0.25, 0.3) is 0 Å². The van der Waals surface area contributed by atoms with E-state index < -0.39 is 0 Å². The van der Waals surface area contributed by atoms with Crippen LogP contribution in [-0.4, -0.2) is 24.0 Å². The lowest BCUT2D eigenvalue weighted by atomic mass is 10.2. The molecule has 1 fully saturated rings. The smallest absolute Gasteiger partial charge is 0.0637 e. The van der Waals surface area contributed by atoms with Crippen LogP contribution < -0.4 is 5.73 Å². The zero-order valence-electron chi connectivity index (χ0n) is 8.83. The first-order valence-electron chi connectivity index (χ1n) is 5.07. The van der Waals surface area contributed by atoms with Gasteiger partial charge in [0, 0.05) is 25.7 Å². The van der Waals surface area contributed by atoms with Crippen molar-refractivity contribution in [2.75, 3.05) is 13.1 Å². The predicted octanol–water partition coefficient (Wildman–Crippen LogP) is 2.95. The fourth-order valence-corrected chi connectivity index (χ4v) is 2.30. The normalized spacial score (nSPS) is 20.8. The van der Waals surface area contributed by atoms with Crippen molar-refractivity contribution in [2.45, 2.75) is 19.0 Å². The van der Waals surface area contributed by atoms with Gasteiger partial charge in [-0.15, -0.1) is 12.4 Å². The second-order valence-corrected chi connectivity index (χ2v) is 4.78. The van der Waals surface area contributed by atoms with Crippen LogP contribution in [0.1, 0.15) is 12.0 Å². The largest absolute Gasteiger partial charge is 0.326 e. The Morgan fingerprint density at radius 2 is 2.12 bits per heavy atom. The Morgan fingerprint density at radius 3 is 2.75 bits per heavy atom. The summed E-state index contributed by atoms with van der Waals surface area (Å²) in [5, 5.41) is 1.29. The number of nitrogens with two attached hydrogens (primary N) is 1. The van der Waals surface area contributed by atoms with Gasteiger partial charge in [0.2, 0.25) is 0 Å². The Hall–Kier alpha value is 0.01000. The molecular formula is C11H15Cl3N2. The van der Waals surface area contributed by atoms with E-state index in [0.29, 0.717) is 16.1 Å². The third-order valence-corrected chi connectivity index (χ3v) is 3.59. The van der Waals surface area contributed by atoms with Crippen LogP contribution in [0.3, 0.4) is 0 Å². The molecule has 0 spiro atoms. The van der Waals surface area contributed by atoms with Crippen molar-refractivity contribution < 1.29 is 0 Å². The third kappa shape index (κ3) is 3.25. The van der Waals surface area contributed by atoms with Gasteiger partial charge in [0.25, 0.3) is 0 Å². The van der Waals surface area contributed by atoms with Gasteiger partial charge in [-0.2, -0.15) is 0 Å². The highest BCUT2D eigenvalue weighted by Gasteiger charge is 2.19. The molecule has 5 heteroatoms. The molecule has 1 heterocycles. The number of halogens is 3. The highest BCUT2D eigenvalue weighted by atomic mass is 35.5.